The molecule has 100 valence electrons. The Morgan fingerprint density at radius 3 is 2.78 bits per heavy atom. The van der Waals surface area contributed by atoms with E-state index in [4.69, 9.17) is 0 Å². The molecule has 0 radical (unpaired) electrons. The molecule has 1 N–H and O–H groups in total. The van der Waals surface area contributed by atoms with E-state index in [0.717, 1.165) is 4.88 Å². The maximum Gasteiger partial charge on any atom is 0.241 e. The Balaban J connectivity index is 2.16. The van der Waals surface area contributed by atoms with E-state index in [1.54, 1.807) is 23.2 Å². The molecule has 2 heterocycles. The van der Waals surface area contributed by atoms with Crippen molar-refractivity contribution in [2.24, 2.45) is 0 Å². The van der Waals surface area contributed by atoms with Crippen molar-refractivity contribution in [3.8, 4) is 0 Å². The van der Waals surface area contributed by atoms with Gasteiger partial charge in [0.15, 0.2) is 0 Å². The number of carbonyl (C=O) groups is 1. The number of rotatable bonds is 4. The summed E-state index contributed by atoms with van der Waals surface area (Å²) in [6.07, 6.45) is 0.985. The number of nitrogens with zero attached hydrogens (tertiary/aromatic N) is 1. The molecule has 0 saturated carbocycles. The van der Waals surface area contributed by atoms with Gasteiger partial charge in [0.1, 0.15) is 16.0 Å². The van der Waals surface area contributed by atoms with Crippen molar-refractivity contribution in [1.82, 2.24) is 10.2 Å². The number of hydrogen-bond donors (Lipinski definition) is 1. The lowest BCUT2D eigenvalue weighted by atomic mass is 10.3. The summed E-state index contributed by atoms with van der Waals surface area (Å²) >= 11 is 1.56. The van der Waals surface area contributed by atoms with Crippen LogP contribution in [0.5, 0.6) is 0 Å². The van der Waals surface area contributed by atoms with Crippen LogP contribution in [0.15, 0.2) is 17.5 Å². The van der Waals surface area contributed by atoms with Gasteiger partial charge in [-0.25, -0.2) is 8.42 Å². The molecule has 7 heteroatoms. The molecule has 0 spiro atoms. The van der Waals surface area contributed by atoms with Gasteiger partial charge in [-0.05, 0) is 18.4 Å². The van der Waals surface area contributed by atoms with Crippen LogP contribution in [0.25, 0.3) is 0 Å². The smallest absolute Gasteiger partial charge is 0.241 e. The van der Waals surface area contributed by atoms with Gasteiger partial charge in [-0.15, -0.1) is 11.3 Å². The zero-order valence-electron chi connectivity index (χ0n) is 10.3. The van der Waals surface area contributed by atoms with Crippen LogP contribution in [0, 0.1) is 0 Å². The molecule has 1 fully saturated rings. The van der Waals surface area contributed by atoms with Crippen LogP contribution in [0.2, 0.25) is 0 Å². The number of hydrogen-bond acceptors (Lipinski definition) is 5. The molecule has 1 saturated heterocycles. The second-order valence-corrected chi connectivity index (χ2v) is 7.71. The van der Waals surface area contributed by atoms with Crippen LogP contribution in [0.4, 0.5) is 0 Å². The van der Waals surface area contributed by atoms with Crippen LogP contribution >= 0.6 is 11.3 Å². The predicted octanol–water partition coefficient (Wildman–Crippen LogP) is 0.612. The minimum atomic E-state index is -3.06. The fraction of sp³-hybridized carbons (Fsp3) is 0.545. The van der Waals surface area contributed by atoms with E-state index in [1.165, 1.54) is 6.26 Å². The lowest BCUT2D eigenvalue weighted by Gasteiger charge is -2.22. The second-order valence-electron chi connectivity index (χ2n) is 4.47. The average Bonchev–Trinajstić information content (AvgIpc) is 2.85. The Labute approximate surface area is 111 Å². The monoisotopic (exact) mass is 288 g/mol. The molecular formula is C11H16N2O3S2. The van der Waals surface area contributed by atoms with Gasteiger partial charge in [0, 0.05) is 17.7 Å². The van der Waals surface area contributed by atoms with Gasteiger partial charge in [-0.3, -0.25) is 10.1 Å². The molecule has 1 aromatic rings. The van der Waals surface area contributed by atoms with Crippen LogP contribution in [-0.4, -0.2) is 43.8 Å². The van der Waals surface area contributed by atoms with Crippen molar-refractivity contribution in [2.75, 3.05) is 18.6 Å². The first-order valence-corrected chi connectivity index (χ1v) is 8.60. The molecule has 2 unspecified atom stereocenters. The molecule has 1 aromatic heterocycles. The van der Waals surface area contributed by atoms with Gasteiger partial charge < -0.3 is 4.90 Å². The van der Waals surface area contributed by atoms with E-state index in [-0.39, 0.29) is 30.4 Å². The van der Waals surface area contributed by atoms with Crippen molar-refractivity contribution >= 4 is 27.1 Å². The van der Waals surface area contributed by atoms with Gasteiger partial charge in [-0.2, -0.15) is 0 Å². The molecule has 2 atom stereocenters. The second kappa shape index (κ2) is 4.99. The molecule has 1 amide bonds. The van der Waals surface area contributed by atoms with E-state index in [1.807, 2.05) is 17.5 Å². The van der Waals surface area contributed by atoms with Gasteiger partial charge in [0.05, 0.1) is 11.8 Å². The van der Waals surface area contributed by atoms with Crippen LogP contribution in [-0.2, 0) is 14.6 Å². The topological polar surface area (TPSA) is 66.5 Å². The number of thiophene rings is 1. The zero-order valence-corrected chi connectivity index (χ0v) is 11.9. The zero-order chi connectivity index (χ0) is 13.3. The van der Waals surface area contributed by atoms with Crippen molar-refractivity contribution in [3.63, 3.8) is 0 Å². The van der Waals surface area contributed by atoms with Crippen molar-refractivity contribution < 1.29 is 13.2 Å². The Bertz CT molecular complexity index is 524. The molecule has 0 bridgehead atoms. The summed E-state index contributed by atoms with van der Waals surface area (Å²) in [5.41, 5.74) is 0. The highest BCUT2D eigenvalue weighted by Gasteiger charge is 2.37. The Hall–Kier alpha value is -0.920. The summed E-state index contributed by atoms with van der Waals surface area (Å²) in [5, 5.41) is 5.13. The van der Waals surface area contributed by atoms with Crippen molar-refractivity contribution in [1.29, 1.82) is 0 Å². The Kier molecular flexibility index (Phi) is 3.74. The summed E-state index contributed by atoms with van der Waals surface area (Å²) in [4.78, 5) is 14.6. The van der Waals surface area contributed by atoms with E-state index in [2.05, 4.69) is 5.32 Å². The fourth-order valence-corrected chi connectivity index (χ4v) is 3.28. The predicted molar refractivity (Wildman–Crippen MR) is 71.1 cm³/mol. The lowest BCUT2D eigenvalue weighted by Crippen LogP contribution is -2.34. The third-order valence-corrected chi connectivity index (χ3v) is 4.74. The van der Waals surface area contributed by atoms with E-state index in [0.29, 0.717) is 0 Å². The highest BCUT2D eigenvalue weighted by Crippen LogP contribution is 2.28. The molecular weight excluding hydrogens is 272 g/mol. The van der Waals surface area contributed by atoms with Gasteiger partial charge in [0.25, 0.3) is 0 Å². The number of sulfone groups is 1. The maximum atomic E-state index is 12.0. The largest absolute Gasteiger partial charge is 0.320 e. The summed E-state index contributed by atoms with van der Waals surface area (Å²) in [5.74, 6) is -0.0493. The number of nitrogens with one attached hydrogen (secondary N) is 1. The first kappa shape index (κ1) is 13.5. The van der Waals surface area contributed by atoms with Crippen molar-refractivity contribution in [3.05, 3.63) is 22.4 Å². The third kappa shape index (κ3) is 2.90. The van der Waals surface area contributed by atoms with Gasteiger partial charge >= 0.3 is 0 Å². The molecule has 18 heavy (non-hydrogen) atoms. The SMILES string of the molecule is CC1NC(c2cccs2)N(CCS(C)(=O)=O)C1=O. The van der Waals surface area contributed by atoms with Gasteiger partial charge in [-0.1, -0.05) is 6.07 Å². The summed E-state index contributed by atoms with van der Waals surface area (Å²) < 4.78 is 22.4. The summed E-state index contributed by atoms with van der Waals surface area (Å²) in [6, 6.07) is 3.60. The fourth-order valence-electron chi connectivity index (χ4n) is 1.96. The molecule has 5 nitrogen and oxygen atoms in total. The Morgan fingerprint density at radius 2 is 2.22 bits per heavy atom. The molecule has 0 aliphatic carbocycles. The standard InChI is InChI=1S/C11H16N2O3S2/c1-8-11(14)13(5-7-18(2,15)16)10(12-8)9-4-3-6-17-9/h3-4,6,8,10,12H,5,7H2,1-2H3. The van der Waals surface area contributed by atoms with Crippen LogP contribution < -0.4 is 5.32 Å². The summed E-state index contributed by atoms with van der Waals surface area (Å²) in [7, 11) is -3.06. The average molecular weight is 288 g/mol. The van der Waals surface area contributed by atoms with Crippen LogP contribution in [0.1, 0.15) is 18.0 Å². The first-order valence-electron chi connectivity index (χ1n) is 5.66. The molecule has 1 aliphatic heterocycles. The first-order chi connectivity index (χ1) is 8.38. The highest BCUT2D eigenvalue weighted by atomic mass is 32.2. The van der Waals surface area contributed by atoms with E-state index >= 15 is 0 Å². The molecule has 1 aliphatic rings. The highest BCUT2D eigenvalue weighted by molar-refractivity contribution is 7.90. The van der Waals surface area contributed by atoms with E-state index < -0.39 is 9.84 Å². The lowest BCUT2D eigenvalue weighted by molar-refractivity contribution is -0.129. The van der Waals surface area contributed by atoms with Crippen molar-refractivity contribution in [2.45, 2.75) is 19.1 Å². The number of amides is 1. The van der Waals surface area contributed by atoms with Gasteiger partial charge in [0.2, 0.25) is 5.91 Å². The maximum absolute atomic E-state index is 12.0. The van der Waals surface area contributed by atoms with E-state index in [9.17, 15) is 13.2 Å². The molecule has 0 aromatic carbocycles. The minimum Gasteiger partial charge on any atom is -0.320 e. The third-order valence-electron chi connectivity index (χ3n) is 2.89. The number of carbonyl (C=O) groups excluding carboxylic acids is 1. The molecule has 2 rings (SSSR count). The minimum absolute atomic E-state index is 0.00495. The summed E-state index contributed by atoms with van der Waals surface area (Å²) in [6.45, 7) is 2.03. The normalized spacial score (nSPS) is 24.8. The Morgan fingerprint density at radius 1 is 1.50 bits per heavy atom. The van der Waals surface area contributed by atoms with Crippen LogP contribution in [0.3, 0.4) is 0 Å². The quantitative estimate of drug-likeness (QED) is 0.881.